The van der Waals surface area contributed by atoms with Crippen LogP contribution in [-0.4, -0.2) is 96.7 Å². The first-order chi connectivity index (χ1) is 39.0. The minimum atomic E-state index is -4.94. The van der Waals surface area contributed by atoms with Gasteiger partial charge in [-0.25, -0.2) is 9.13 Å². The molecule has 0 aromatic heterocycles. The van der Waals surface area contributed by atoms with E-state index < -0.39 is 97.5 Å². The Kier molecular flexibility index (Phi) is 54.6. The van der Waals surface area contributed by atoms with Crippen molar-refractivity contribution in [3.8, 4) is 0 Å². The Morgan fingerprint density at radius 1 is 0.333 bits per heavy atom. The number of esters is 4. The van der Waals surface area contributed by atoms with E-state index in [1.54, 1.807) is 0 Å². The molecule has 19 heteroatoms. The fraction of sp³-hybridized carbons (Fsp3) is 0.935. The molecule has 0 amide bonds. The van der Waals surface area contributed by atoms with E-state index in [0.717, 1.165) is 102 Å². The molecule has 0 aliphatic rings. The van der Waals surface area contributed by atoms with Gasteiger partial charge in [0.1, 0.15) is 19.3 Å². The van der Waals surface area contributed by atoms with Crippen molar-refractivity contribution < 1.29 is 80.2 Å². The van der Waals surface area contributed by atoms with Gasteiger partial charge >= 0.3 is 39.5 Å². The van der Waals surface area contributed by atoms with Crippen LogP contribution in [0.4, 0.5) is 0 Å². The highest BCUT2D eigenvalue weighted by Crippen LogP contribution is 2.45. The molecule has 5 atom stereocenters. The van der Waals surface area contributed by atoms with Crippen LogP contribution in [0.15, 0.2) is 0 Å². The average molecular weight is 1200 g/mol. The van der Waals surface area contributed by atoms with Gasteiger partial charge in [0.15, 0.2) is 12.2 Å². The van der Waals surface area contributed by atoms with Crippen molar-refractivity contribution in [2.45, 2.75) is 329 Å². The Bertz CT molecular complexity index is 1580. The molecule has 0 heterocycles. The second-order valence-electron chi connectivity index (χ2n) is 22.9. The number of carbonyl (C=O) groups excluding carboxylic acids is 4. The van der Waals surface area contributed by atoms with Crippen LogP contribution in [0.1, 0.15) is 311 Å². The Morgan fingerprint density at radius 2 is 0.568 bits per heavy atom. The molecule has 0 radical (unpaired) electrons. The van der Waals surface area contributed by atoms with Crippen LogP contribution in [0, 0.1) is 5.92 Å². The molecular weight excluding hydrogens is 1080 g/mol. The Morgan fingerprint density at radius 3 is 0.840 bits per heavy atom. The Balaban J connectivity index is 5.13. The fourth-order valence-electron chi connectivity index (χ4n) is 9.23. The fourth-order valence-corrected chi connectivity index (χ4v) is 10.8. The van der Waals surface area contributed by atoms with Gasteiger partial charge in [0.25, 0.3) is 0 Å². The number of ether oxygens (including phenoxy) is 4. The van der Waals surface area contributed by atoms with Gasteiger partial charge in [-0.15, -0.1) is 0 Å². The largest absolute Gasteiger partial charge is 0.472 e. The molecule has 0 aromatic carbocycles. The molecule has 0 fully saturated rings. The summed E-state index contributed by atoms with van der Waals surface area (Å²) >= 11 is 0. The van der Waals surface area contributed by atoms with E-state index in [1.165, 1.54) is 128 Å². The second-order valence-corrected chi connectivity index (χ2v) is 25.8. The van der Waals surface area contributed by atoms with Crippen molar-refractivity contribution in [2.75, 3.05) is 39.6 Å². The van der Waals surface area contributed by atoms with Gasteiger partial charge in [0.05, 0.1) is 26.4 Å². The normalized spacial score (nSPS) is 14.3. The number of phosphoric acid groups is 2. The standard InChI is InChI=1S/C62H120O17P2/c1-6-9-12-15-17-19-28-31-36-41-46-60(65)73-52-58(79-62(67)48-43-38-33-29-25-23-21-20-22-24-27-30-35-39-44-55(4)5)54-77-81(70,71)75-50-56(63)49-74-80(68,69)76-53-57(51-72-59(64)45-40-34-14-11-8-3)78-61(66)47-42-37-32-26-18-16-13-10-7-2/h55-58,63H,6-54H2,1-5H3,(H,68,69)(H,70,71)/t56-,57+,58+/m0/s1. The number of hydrogen-bond donors (Lipinski definition) is 3. The summed E-state index contributed by atoms with van der Waals surface area (Å²) in [4.78, 5) is 71.8. The maximum atomic E-state index is 12.9. The van der Waals surface area contributed by atoms with Gasteiger partial charge in [-0.05, 0) is 31.6 Å². The number of aliphatic hydroxyl groups excluding tert-OH is 1. The van der Waals surface area contributed by atoms with E-state index in [1.807, 2.05) is 0 Å². The predicted molar refractivity (Wildman–Crippen MR) is 322 cm³/mol. The van der Waals surface area contributed by atoms with Crippen LogP contribution in [0.5, 0.6) is 0 Å². The number of phosphoric ester groups is 2. The van der Waals surface area contributed by atoms with Crippen molar-refractivity contribution in [2.24, 2.45) is 5.92 Å². The smallest absolute Gasteiger partial charge is 0.462 e. The average Bonchev–Trinajstić information content (AvgIpc) is 3.44. The van der Waals surface area contributed by atoms with E-state index in [4.69, 9.17) is 37.0 Å². The van der Waals surface area contributed by atoms with Crippen LogP contribution in [-0.2, 0) is 65.4 Å². The van der Waals surface area contributed by atoms with Gasteiger partial charge in [-0.3, -0.25) is 37.3 Å². The summed E-state index contributed by atoms with van der Waals surface area (Å²) in [7, 11) is -9.87. The van der Waals surface area contributed by atoms with Crippen molar-refractivity contribution in [3.63, 3.8) is 0 Å². The summed E-state index contributed by atoms with van der Waals surface area (Å²) in [6.07, 6.45) is 39.3. The van der Waals surface area contributed by atoms with Crippen LogP contribution in [0.25, 0.3) is 0 Å². The lowest BCUT2D eigenvalue weighted by molar-refractivity contribution is -0.161. The van der Waals surface area contributed by atoms with Crippen molar-refractivity contribution in [3.05, 3.63) is 0 Å². The molecule has 81 heavy (non-hydrogen) atoms. The second kappa shape index (κ2) is 55.9. The minimum absolute atomic E-state index is 0.105. The molecule has 0 saturated heterocycles. The first-order valence-electron chi connectivity index (χ1n) is 32.6. The molecule has 0 aromatic rings. The molecule has 480 valence electrons. The monoisotopic (exact) mass is 1200 g/mol. The zero-order chi connectivity index (χ0) is 59.9. The van der Waals surface area contributed by atoms with E-state index in [-0.39, 0.29) is 25.7 Å². The summed E-state index contributed by atoms with van der Waals surface area (Å²) in [6, 6.07) is 0. The summed E-state index contributed by atoms with van der Waals surface area (Å²) in [5, 5.41) is 10.5. The third kappa shape index (κ3) is 56.9. The lowest BCUT2D eigenvalue weighted by Crippen LogP contribution is -2.30. The summed E-state index contributed by atoms with van der Waals surface area (Å²) in [5.74, 6) is -1.35. The number of unbranched alkanes of at least 4 members (excludes halogenated alkanes) is 34. The molecular formula is C62H120O17P2. The van der Waals surface area contributed by atoms with Gasteiger partial charge in [-0.1, -0.05) is 259 Å². The highest BCUT2D eigenvalue weighted by molar-refractivity contribution is 7.47. The maximum absolute atomic E-state index is 12.9. The quantitative estimate of drug-likeness (QED) is 0.0222. The van der Waals surface area contributed by atoms with Crippen molar-refractivity contribution >= 4 is 39.5 Å². The van der Waals surface area contributed by atoms with Crippen LogP contribution in [0.3, 0.4) is 0 Å². The van der Waals surface area contributed by atoms with E-state index >= 15 is 0 Å². The molecule has 0 bridgehead atoms. The van der Waals surface area contributed by atoms with Crippen LogP contribution in [0.2, 0.25) is 0 Å². The van der Waals surface area contributed by atoms with Gasteiger partial charge in [0, 0.05) is 25.7 Å². The van der Waals surface area contributed by atoms with Crippen LogP contribution < -0.4 is 0 Å². The zero-order valence-electron chi connectivity index (χ0n) is 51.9. The van der Waals surface area contributed by atoms with Gasteiger partial charge in [0.2, 0.25) is 0 Å². The van der Waals surface area contributed by atoms with Gasteiger partial charge < -0.3 is 33.8 Å². The van der Waals surface area contributed by atoms with Crippen molar-refractivity contribution in [1.29, 1.82) is 0 Å². The maximum Gasteiger partial charge on any atom is 0.472 e. The molecule has 0 saturated carbocycles. The molecule has 0 aliphatic heterocycles. The lowest BCUT2D eigenvalue weighted by atomic mass is 10.0. The molecule has 0 spiro atoms. The molecule has 17 nitrogen and oxygen atoms in total. The van der Waals surface area contributed by atoms with E-state index in [2.05, 4.69) is 34.6 Å². The van der Waals surface area contributed by atoms with Crippen molar-refractivity contribution in [1.82, 2.24) is 0 Å². The SMILES string of the molecule is CCCCCCCCCCCCC(=O)OC[C@H](COP(=O)(O)OC[C@@H](O)COP(=O)(O)OC[C@@H](COC(=O)CCCCCCC)OC(=O)CCCCCCCCCCC)OC(=O)CCCCCCCCCCCCCCCCC(C)C. The summed E-state index contributed by atoms with van der Waals surface area (Å²) < 4.78 is 67.7. The molecule has 2 unspecified atom stereocenters. The molecule has 0 aliphatic carbocycles. The minimum Gasteiger partial charge on any atom is -0.462 e. The Labute approximate surface area is 492 Å². The molecule has 0 rings (SSSR count). The number of carbonyl (C=O) groups is 4. The summed E-state index contributed by atoms with van der Waals surface area (Å²) in [5.41, 5.74) is 0. The highest BCUT2D eigenvalue weighted by Gasteiger charge is 2.30. The van der Waals surface area contributed by atoms with Crippen LogP contribution >= 0.6 is 15.6 Å². The number of hydrogen-bond acceptors (Lipinski definition) is 15. The molecule has 3 N–H and O–H groups in total. The number of aliphatic hydroxyl groups is 1. The van der Waals surface area contributed by atoms with Gasteiger partial charge in [-0.2, -0.15) is 0 Å². The lowest BCUT2D eigenvalue weighted by Gasteiger charge is -2.21. The Hall–Kier alpha value is -1.94. The first kappa shape index (κ1) is 79.1. The first-order valence-corrected chi connectivity index (χ1v) is 35.6. The van der Waals surface area contributed by atoms with E-state index in [0.29, 0.717) is 25.7 Å². The topological polar surface area (TPSA) is 237 Å². The summed E-state index contributed by atoms with van der Waals surface area (Å²) in [6.45, 7) is 7.09. The zero-order valence-corrected chi connectivity index (χ0v) is 53.7. The number of rotatable bonds is 62. The highest BCUT2D eigenvalue weighted by atomic mass is 31.2. The predicted octanol–water partition coefficient (Wildman–Crippen LogP) is 17.0. The van der Waals surface area contributed by atoms with E-state index in [9.17, 15) is 43.2 Å². The third-order valence-electron chi connectivity index (χ3n) is 14.3. The third-order valence-corrected chi connectivity index (χ3v) is 16.2.